The van der Waals surface area contributed by atoms with E-state index in [1.165, 1.54) is 10.4 Å². The number of rotatable bonds is 4. The average Bonchev–Trinajstić information content (AvgIpc) is 3.50. The molecular formula is C27H28N2O4S. The standard InChI is InChI=1S/C27H28N2O4S/c1-27(2,3)29(26(31)19-9-10-21-22(15-19)33-17-32-21)16-24(30)28-13-11-23-20(12-14-34-23)25(28)18-7-5-4-6-8-18/h4-10,12,14-15,25H,11,13,16-17H2,1-3H3. The molecule has 7 heteroatoms. The van der Waals surface area contributed by atoms with Crippen LogP contribution in [0, 0.1) is 0 Å². The Morgan fingerprint density at radius 1 is 1.06 bits per heavy atom. The van der Waals surface area contributed by atoms with Crippen LogP contribution in [0.5, 0.6) is 11.5 Å². The van der Waals surface area contributed by atoms with E-state index in [2.05, 4.69) is 23.6 Å². The van der Waals surface area contributed by atoms with E-state index in [1.54, 1.807) is 34.4 Å². The van der Waals surface area contributed by atoms with Gasteiger partial charge in [0.05, 0.1) is 6.04 Å². The van der Waals surface area contributed by atoms with Crippen LogP contribution >= 0.6 is 11.3 Å². The van der Waals surface area contributed by atoms with Crippen LogP contribution in [0.3, 0.4) is 0 Å². The molecule has 1 atom stereocenters. The van der Waals surface area contributed by atoms with Crippen LogP contribution in [0.25, 0.3) is 0 Å². The Morgan fingerprint density at radius 2 is 1.82 bits per heavy atom. The lowest BCUT2D eigenvalue weighted by Gasteiger charge is -2.40. The van der Waals surface area contributed by atoms with Crippen LogP contribution in [0.2, 0.25) is 0 Å². The fourth-order valence-corrected chi connectivity index (χ4v) is 5.51. The lowest BCUT2D eigenvalue weighted by molar-refractivity contribution is -0.135. The molecule has 0 radical (unpaired) electrons. The highest BCUT2D eigenvalue weighted by molar-refractivity contribution is 7.10. The van der Waals surface area contributed by atoms with Gasteiger partial charge in [-0.05, 0) is 68.0 Å². The Bertz CT molecular complexity index is 1210. The third-order valence-electron chi connectivity index (χ3n) is 6.37. The summed E-state index contributed by atoms with van der Waals surface area (Å²) in [5, 5.41) is 2.10. The molecule has 0 spiro atoms. The van der Waals surface area contributed by atoms with Crippen molar-refractivity contribution in [3.8, 4) is 11.5 Å². The maximum absolute atomic E-state index is 13.8. The lowest BCUT2D eigenvalue weighted by atomic mass is 9.93. The Balaban J connectivity index is 1.44. The Morgan fingerprint density at radius 3 is 2.59 bits per heavy atom. The van der Waals surface area contributed by atoms with E-state index < -0.39 is 5.54 Å². The van der Waals surface area contributed by atoms with Crippen molar-refractivity contribution in [2.75, 3.05) is 19.9 Å². The summed E-state index contributed by atoms with van der Waals surface area (Å²) < 4.78 is 10.8. The van der Waals surface area contributed by atoms with E-state index in [0.29, 0.717) is 23.6 Å². The third kappa shape index (κ3) is 4.16. The van der Waals surface area contributed by atoms with Gasteiger partial charge in [-0.1, -0.05) is 30.3 Å². The number of thiophene rings is 1. The number of nitrogens with zero attached hydrogens (tertiary/aromatic N) is 2. The minimum atomic E-state index is -0.547. The van der Waals surface area contributed by atoms with E-state index in [9.17, 15) is 9.59 Å². The second-order valence-corrected chi connectivity index (χ2v) is 10.6. The number of fused-ring (bicyclic) bond motifs is 2. The van der Waals surface area contributed by atoms with Crippen LogP contribution in [-0.2, 0) is 11.2 Å². The van der Waals surface area contributed by atoms with Crippen molar-refractivity contribution in [1.82, 2.24) is 9.80 Å². The number of benzene rings is 2. The summed E-state index contributed by atoms with van der Waals surface area (Å²) in [7, 11) is 0. The van der Waals surface area contributed by atoms with Gasteiger partial charge in [0.1, 0.15) is 6.54 Å². The molecule has 2 aliphatic heterocycles. The Kier molecular flexibility index (Phi) is 5.81. The van der Waals surface area contributed by atoms with Crippen LogP contribution in [0.4, 0.5) is 0 Å². The van der Waals surface area contributed by atoms with Gasteiger partial charge in [-0.3, -0.25) is 9.59 Å². The number of carbonyl (C=O) groups is 2. The van der Waals surface area contributed by atoms with E-state index in [4.69, 9.17) is 9.47 Å². The van der Waals surface area contributed by atoms with Gasteiger partial charge < -0.3 is 19.3 Å². The van der Waals surface area contributed by atoms with Gasteiger partial charge in [0.25, 0.3) is 5.91 Å². The Labute approximate surface area is 203 Å². The van der Waals surface area contributed by atoms with Crippen LogP contribution in [-0.4, -0.2) is 47.0 Å². The number of hydrogen-bond donors (Lipinski definition) is 0. The topological polar surface area (TPSA) is 59.1 Å². The van der Waals surface area contributed by atoms with Crippen LogP contribution in [0.15, 0.2) is 60.0 Å². The molecule has 0 N–H and O–H groups in total. The van der Waals surface area contributed by atoms with Gasteiger partial charge in [-0.25, -0.2) is 0 Å². The summed E-state index contributed by atoms with van der Waals surface area (Å²) in [6, 6.07) is 17.3. The van der Waals surface area contributed by atoms with Crippen LogP contribution in [0.1, 0.15) is 53.2 Å². The molecule has 0 fully saturated rings. The molecule has 1 unspecified atom stereocenters. The second kappa shape index (κ2) is 8.80. The van der Waals surface area contributed by atoms with Crippen molar-refractivity contribution in [3.63, 3.8) is 0 Å². The summed E-state index contributed by atoms with van der Waals surface area (Å²) in [6.45, 7) is 6.63. The van der Waals surface area contributed by atoms with Crippen molar-refractivity contribution in [2.45, 2.75) is 38.8 Å². The molecule has 0 saturated heterocycles. The minimum absolute atomic E-state index is 0.000417. The molecule has 1 aromatic heterocycles. The molecule has 2 aliphatic rings. The summed E-state index contributed by atoms with van der Waals surface area (Å²) in [4.78, 5) is 32.3. The molecule has 3 heterocycles. The fourth-order valence-electron chi connectivity index (χ4n) is 4.60. The zero-order valence-corrected chi connectivity index (χ0v) is 20.4. The molecular weight excluding hydrogens is 448 g/mol. The molecule has 0 aliphatic carbocycles. The highest BCUT2D eigenvalue weighted by Crippen LogP contribution is 2.38. The first kappa shape index (κ1) is 22.5. The maximum Gasteiger partial charge on any atom is 0.254 e. The highest BCUT2D eigenvalue weighted by atomic mass is 32.1. The third-order valence-corrected chi connectivity index (χ3v) is 7.37. The minimum Gasteiger partial charge on any atom is -0.454 e. The summed E-state index contributed by atoms with van der Waals surface area (Å²) in [6.07, 6.45) is 0.827. The smallest absolute Gasteiger partial charge is 0.254 e. The molecule has 0 bridgehead atoms. The predicted molar refractivity (Wildman–Crippen MR) is 131 cm³/mol. The van der Waals surface area contributed by atoms with Gasteiger partial charge in [0.2, 0.25) is 12.7 Å². The van der Waals surface area contributed by atoms with Crippen molar-refractivity contribution >= 4 is 23.2 Å². The number of carbonyl (C=O) groups excluding carboxylic acids is 2. The first-order valence-electron chi connectivity index (χ1n) is 11.5. The van der Waals surface area contributed by atoms with Crippen molar-refractivity contribution in [3.05, 3.63) is 81.5 Å². The molecule has 2 amide bonds. The van der Waals surface area contributed by atoms with Gasteiger partial charge in [0.15, 0.2) is 11.5 Å². The SMILES string of the molecule is CC(C)(C)N(CC(=O)N1CCc2sccc2C1c1ccccc1)C(=O)c1ccc2c(c1)OCO2. The number of hydrogen-bond acceptors (Lipinski definition) is 5. The van der Waals surface area contributed by atoms with Crippen molar-refractivity contribution < 1.29 is 19.1 Å². The van der Waals surface area contributed by atoms with Crippen LogP contribution < -0.4 is 9.47 Å². The summed E-state index contributed by atoms with van der Waals surface area (Å²) in [5.74, 6) is 0.912. The average molecular weight is 477 g/mol. The van der Waals surface area contributed by atoms with Gasteiger partial charge in [-0.15, -0.1) is 11.3 Å². The maximum atomic E-state index is 13.8. The quantitative estimate of drug-likeness (QED) is 0.538. The molecule has 5 rings (SSSR count). The van der Waals surface area contributed by atoms with E-state index in [0.717, 1.165) is 12.0 Å². The normalized spacial score (nSPS) is 16.8. The van der Waals surface area contributed by atoms with Crippen molar-refractivity contribution in [2.24, 2.45) is 0 Å². The molecule has 34 heavy (non-hydrogen) atoms. The number of ether oxygens (including phenoxy) is 2. The molecule has 3 aromatic rings. The second-order valence-electron chi connectivity index (χ2n) is 9.58. The fraction of sp³-hybridized carbons (Fsp3) is 0.333. The molecule has 0 saturated carbocycles. The predicted octanol–water partition coefficient (Wildman–Crippen LogP) is 4.89. The molecule has 2 aromatic carbocycles. The molecule has 176 valence electrons. The van der Waals surface area contributed by atoms with Crippen molar-refractivity contribution in [1.29, 1.82) is 0 Å². The molecule has 6 nitrogen and oxygen atoms in total. The Hall–Kier alpha value is -3.32. The highest BCUT2D eigenvalue weighted by Gasteiger charge is 2.36. The lowest BCUT2D eigenvalue weighted by Crippen LogP contribution is -2.52. The summed E-state index contributed by atoms with van der Waals surface area (Å²) >= 11 is 1.74. The van der Waals surface area contributed by atoms with Gasteiger partial charge >= 0.3 is 0 Å². The first-order valence-corrected chi connectivity index (χ1v) is 12.3. The zero-order chi connectivity index (χ0) is 23.9. The van der Waals surface area contributed by atoms with E-state index in [-0.39, 0.29) is 31.2 Å². The van der Waals surface area contributed by atoms with Gasteiger partial charge in [-0.2, -0.15) is 0 Å². The first-order chi connectivity index (χ1) is 16.3. The largest absolute Gasteiger partial charge is 0.454 e. The van der Waals surface area contributed by atoms with E-state index in [1.807, 2.05) is 43.9 Å². The van der Waals surface area contributed by atoms with E-state index >= 15 is 0 Å². The summed E-state index contributed by atoms with van der Waals surface area (Å²) in [5.41, 5.74) is 2.19. The number of amides is 2. The zero-order valence-electron chi connectivity index (χ0n) is 19.6. The van der Waals surface area contributed by atoms with Gasteiger partial charge in [0, 0.05) is 22.5 Å². The monoisotopic (exact) mass is 476 g/mol.